The fourth-order valence-electron chi connectivity index (χ4n) is 1.91. The molecule has 0 saturated carbocycles. The average Bonchev–Trinajstić information content (AvgIpc) is 2.34. The summed E-state index contributed by atoms with van der Waals surface area (Å²) in [4.78, 5) is 12.2. The largest absolute Gasteiger partial charge is 0.305 e. The molecule has 0 atom stereocenters. The van der Waals surface area contributed by atoms with Gasteiger partial charge in [0.1, 0.15) is 0 Å². The molecule has 2 rings (SSSR count). The fourth-order valence-corrected chi connectivity index (χ4v) is 1.91. The van der Waals surface area contributed by atoms with Crippen LogP contribution in [0.5, 0.6) is 0 Å². The first-order valence-corrected chi connectivity index (χ1v) is 6.23. The first kappa shape index (κ1) is 12.8. The van der Waals surface area contributed by atoms with Crippen LogP contribution in [-0.4, -0.2) is 17.9 Å². The van der Waals surface area contributed by atoms with Crippen molar-refractivity contribution in [3.63, 3.8) is 0 Å². The molecule has 2 aromatic carbocycles. The Balaban J connectivity index is 2.28. The smallest absolute Gasteiger partial charge is 0.177 e. The zero-order valence-corrected chi connectivity index (χ0v) is 11.2. The quantitative estimate of drug-likeness (QED) is 0.834. The minimum atomic E-state index is -0.0414. The number of carbonyl (C=O) groups is 1. The highest BCUT2D eigenvalue weighted by Gasteiger charge is 2.14. The van der Waals surface area contributed by atoms with Gasteiger partial charge < -0.3 is 5.32 Å². The molecule has 0 spiro atoms. The second kappa shape index (κ2) is 4.91. The van der Waals surface area contributed by atoms with E-state index in [1.54, 1.807) is 0 Å². The molecule has 0 aliphatic heterocycles. The number of hydrogen-bond donors (Lipinski definition) is 1. The van der Waals surface area contributed by atoms with Gasteiger partial charge in [0.05, 0.1) is 6.54 Å². The minimum absolute atomic E-state index is 0.0414. The molecule has 94 valence electrons. The Bertz CT molecular complexity index is 561. The lowest BCUT2D eigenvalue weighted by Gasteiger charge is -2.20. The molecule has 2 nitrogen and oxygen atoms in total. The number of nitrogens with one attached hydrogen (secondary N) is 1. The summed E-state index contributed by atoms with van der Waals surface area (Å²) in [5.74, 6) is 0.140. The number of benzene rings is 2. The van der Waals surface area contributed by atoms with Gasteiger partial charge in [0.2, 0.25) is 0 Å². The van der Waals surface area contributed by atoms with E-state index in [0.717, 1.165) is 16.3 Å². The van der Waals surface area contributed by atoms with Crippen molar-refractivity contribution in [1.82, 2.24) is 5.32 Å². The molecule has 0 aromatic heterocycles. The van der Waals surface area contributed by atoms with Crippen molar-refractivity contribution in [3.05, 3.63) is 48.0 Å². The number of carbonyl (C=O) groups excluding carboxylic acids is 1. The van der Waals surface area contributed by atoms with Gasteiger partial charge in [0.25, 0.3) is 0 Å². The van der Waals surface area contributed by atoms with Crippen LogP contribution in [0.2, 0.25) is 0 Å². The first-order valence-electron chi connectivity index (χ1n) is 6.23. The van der Waals surface area contributed by atoms with Crippen LogP contribution in [0.3, 0.4) is 0 Å². The molecule has 0 radical (unpaired) electrons. The standard InChI is InChI=1S/C16H19NO/c1-16(2,3)17-11-15(18)14-10-6-8-12-7-4-5-9-13(12)14/h4-10,17H,11H2,1-3H3. The highest BCUT2D eigenvalue weighted by Crippen LogP contribution is 2.18. The lowest BCUT2D eigenvalue weighted by atomic mass is 10.0. The highest BCUT2D eigenvalue weighted by atomic mass is 16.1. The van der Waals surface area contributed by atoms with Gasteiger partial charge >= 0.3 is 0 Å². The summed E-state index contributed by atoms with van der Waals surface area (Å²) in [6.45, 7) is 6.55. The Morgan fingerprint density at radius 1 is 1.06 bits per heavy atom. The van der Waals surface area contributed by atoms with Crippen LogP contribution >= 0.6 is 0 Å². The predicted molar refractivity (Wildman–Crippen MR) is 76.0 cm³/mol. The van der Waals surface area contributed by atoms with Crippen molar-refractivity contribution in [1.29, 1.82) is 0 Å². The van der Waals surface area contributed by atoms with Gasteiger partial charge in [-0.15, -0.1) is 0 Å². The summed E-state index contributed by atoms with van der Waals surface area (Å²) in [5.41, 5.74) is 0.755. The van der Waals surface area contributed by atoms with Crippen LogP contribution in [0.1, 0.15) is 31.1 Å². The Labute approximate surface area is 108 Å². The zero-order chi connectivity index (χ0) is 13.2. The first-order chi connectivity index (χ1) is 8.47. The summed E-state index contributed by atoms with van der Waals surface area (Å²) in [7, 11) is 0. The maximum Gasteiger partial charge on any atom is 0.177 e. The van der Waals surface area contributed by atoms with E-state index in [9.17, 15) is 4.79 Å². The van der Waals surface area contributed by atoms with Crippen molar-refractivity contribution in [2.24, 2.45) is 0 Å². The van der Waals surface area contributed by atoms with Crippen molar-refractivity contribution >= 4 is 16.6 Å². The number of Topliss-reactive ketones (excluding diaryl/α,β-unsaturated/α-hetero) is 1. The average molecular weight is 241 g/mol. The van der Waals surface area contributed by atoms with Gasteiger partial charge in [0, 0.05) is 11.1 Å². The number of fused-ring (bicyclic) bond motifs is 1. The zero-order valence-electron chi connectivity index (χ0n) is 11.2. The third kappa shape index (κ3) is 2.96. The van der Waals surface area contributed by atoms with E-state index in [1.165, 1.54) is 0 Å². The Morgan fingerprint density at radius 2 is 1.72 bits per heavy atom. The molecule has 0 saturated heterocycles. The Kier molecular flexibility index (Phi) is 3.48. The lowest BCUT2D eigenvalue weighted by molar-refractivity contribution is 0.0983. The van der Waals surface area contributed by atoms with Gasteiger partial charge in [-0.1, -0.05) is 42.5 Å². The van der Waals surface area contributed by atoms with E-state index in [0.29, 0.717) is 6.54 Å². The van der Waals surface area contributed by atoms with Gasteiger partial charge in [0.15, 0.2) is 5.78 Å². The van der Waals surface area contributed by atoms with Crippen molar-refractivity contribution in [3.8, 4) is 0 Å². The van der Waals surface area contributed by atoms with Crippen molar-refractivity contribution in [2.75, 3.05) is 6.54 Å². The van der Waals surface area contributed by atoms with E-state index in [4.69, 9.17) is 0 Å². The lowest BCUT2D eigenvalue weighted by Crippen LogP contribution is -2.39. The highest BCUT2D eigenvalue weighted by molar-refractivity contribution is 6.09. The molecule has 0 aliphatic carbocycles. The molecule has 0 aliphatic rings. The van der Waals surface area contributed by atoms with E-state index in [2.05, 4.69) is 26.1 Å². The van der Waals surface area contributed by atoms with Crippen LogP contribution in [0, 0.1) is 0 Å². The fraction of sp³-hybridized carbons (Fsp3) is 0.312. The molecular formula is C16H19NO. The maximum atomic E-state index is 12.2. The van der Waals surface area contributed by atoms with Crippen LogP contribution in [0.25, 0.3) is 10.8 Å². The van der Waals surface area contributed by atoms with Crippen LogP contribution in [0.4, 0.5) is 0 Å². The van der Waals surface area contributed by atoms with Gasteiger partial charge in [-0.3, -0.25) is 4.79 Å². The third-order valence-electron chi connectivity index (χ3n) is 2.87. The molecule has 1 N–H and O–H groups in total. The van der Waals surface area contributed by atoms with Crippen molar-refractivity contribution < 1.29 is 4.79 Å². The predicted octanol–water partition coefficient (Wildman–Crippen LogP) is 3.41. The van der Waals surface area contributed by atoms with Gasteiger partial charge in [-0.05, 0) is 31.5 Å². The van der Waals surface area contributed by atoms with E-state index in [-0.39, 0.29) is 11.3 Å². The molecule has 0 fully saturated rings. The number of rotatable bonds is 3. The van der Waals surface area contributed by atoms with Crippen LogP contribution in [-0.2, 0) is 0 Å². The van der Waals surface area contributed by atoms with Gasteiger partial charge in [-0.25, -0.2) is 0 Å². The topological polar surface area (TPSA) is 29.1 Å². The summed E-state index contributed by atoms with van der Waals surface area (Å²) in [6, 6.07) is 13.9. The summed E-state index contributed by atoms with van der Waals surface area (Å²) in [5, 5.41) is 5.37. The summed E-state index contributed by atoms with van der Waals surface area (Å²) in [6.07, 6.45) is 0. The molecular weight excluding hydrogens is 222 g/mol. The summed E-state index contributed by atoms with van der Waals surface area (Å²) >= 11 is 0. The number of ketones is 1. The SMILES string of the molecule is CC(C)(C)NCC(=O)c1cccc2ccccc12. The molecule has 0 heterocycles. The Morgan fingerprint density at radius 3 is 2.44 bits per heavy atom. The van der Waals surface area contributed by atoms with Gasteiger partial charge in [-0.2, -0.15) is 0 Å². The summed E-state index contributed by atoms with van der Waals surface area (Å²) < 4.78 is 0. The minimum Gasteiger partial charge on any atom is -0.305 e. The molecule has 0 bridgehead atoms. The molecule has 18 heavy (non-hydrogen) atoms. The van der Waals surface area contributed by atoms with Crippen molar-refractivity contribution in [2.45, 2.75) is 26.3 Å². The molecule has 0 amide bonds. The molecule has 2 aromatic rings. The third-order valence-corrected chi connectivity index (χ3v) is 2.87. The molecule has 0 unspecified atom stereocenters. The number of hydrogen-bond acceptors (Lipinski definition) is 2. The van der Waals surface area contributed by atoms with E-state index in [1.807, 2.05) is 42.5 Å². The van der Waals surface area contributed by atoms with Crippen LogP contribution < -0.4 is 5.32 Å². The second-order valence-electron chi connectivity index (χ2n) is 5.55. The maximum absolute atomic E-state index is 12.2. The normalized spacial score (nSPS) is 11.7. The van der Waals surface area contributed by atoms with E-state index < -0.39 is 0 Å². The van der Waals surface area contributed by atoms with Crippen LogP contribution in [0.15, 0.2) is 42.5 Å². The Hall–Kier alpha value is -1.67. The monoisotopic (exact) mass is 241 g/mol. The molecule has 2 heteroatoms. The van der Waals surface area contributed by atoms with E-state index >= 15 is 0 Å². The second-order valence-corrected chi connectivity index (χ2v) is 5.55.